The second kappa shape index (κ2) is 12.1. The summed E-state index contributed by atoms with van der Waals surface area (Å²) in [6, 6.07) is 11.3. The van der Waals surface area contributed by atoms with Crippen molar-refractivity contribution in [2.45, 2.75) is 33.2 Å². The van der Waals surface area contributed by atoms with Crippen molar-refractivity contribution in [1.82, 2.24) is 10.2 Å². The first kappa shape index (κ1) is 25.8. The van der Waals surface area contributed by atoms with Crippen LogP contribution in [0.1, 0.15) is 47.9 Å². The van der Waals surface area contributed by atoms with Crippen molar-refractivity contribution < 1.29 is 32.4 Å². The van der Waals surface area contributed by atoms with Crippen LogP contribution in [-0.4, -0.2) is 71.1 Å². The SMILES string of the molecule is CCO[Si](CCCNC(=O)OCCN1C(=O)c2cccc3cccc(c23)C1=O)(OCC)OCC. The second-order valence-corrected chi connectivity index (χ2v) is 10.4. The van der Waals surface area contributed by atoms with Gasteiger partial charge in [0.25, 0.3) is 11.8 Å². The summed E-state index contributed by atoms with van der Waals surface area (Å²) in [6.07, 6.45) is -0.0125. The Labute approximate surface area is 200 Å². The van der Waals surface area contributed by atoms with E-state index in [-0.39, 0.29) is 25.0 Å². The Balaban J connectivity index is 1.47. The predicted molar refractivity (Wildman–Crippen MR) is 129 cm³/mol. The Hall–Kier alpha value is -2.79. The molecule has 1 aliphatic rings. The molecule has 0 radical (unpaired) electrons. The minimum atomic E-state index is -2.75. The van der Waals surface area contributed by atoms with E-state index in [1.807, 2.05) is 32.9 Å². The van der Waals surface area contributed by atoms with Gasteiger partial charge >= 0.3 is 14.9 Å². The standard InChI is InChI=1S/C24H32N2O7Si/c1-4-31-34(32-5-2,33-6-3)17-9-14-25-24(29)30-16-15-26-22(27)19-12-7-10-18-11-8-13-20(21(18)19)23(26)28/h7-8,10-13H,4-6,9,14-17H2,1-3H3,(H,25,29). The molecule has 34 heavy (non-hydrogen) atoms. The van der Waals surface area contributed by atoms with E-state index in [0.717, 1.165) is 10.3 Å². The lowest BCUT2D eigenvalue weighted by molar-refractivity contribution is 0.0562. The number of imide groups is 1. The van der Waals surface area contributed by atoms with Gasteiger partial charge in [-0.1, -0.05) is 24.3 Å². The molecular weight excluding hydrogens is 456 g/mol. The Morgan fingerprint density at radius 1 is 0.912 bits per heavy atom. The maximum absolute atomic E-state index is 12.9. The first-order valence-electron chi connectivity index (χ1n) is 11.7. The Morgan fingerprint density at radius 3 is 2.00 bits per heavy atom. The zero-order valence-electron chi connectivity index (χ0n) is 19.9. The second-order valence-electron chi connectivity index (χ2n) is 7.62. The summed E-state index contributed by atoms with van der Waals surface area (Å²) in [5.74, 6) is -0.773. The van der Waals surface area contributed by atoms with E-state index in [4.69, 9.17) is 18.0 Å². The van der Waals surface area contributed by atoms with Gasteiger partial charge in [-0.05, 0) is 44.7 Å². The lowest BCUT2D eigenvalue weighted by Crippen LogP contribution is -2.46. The molecule has 10 heteroatoms. The van der Waals surface area contributed by atoms with Crippen molar-refractivity contribution in [2.75, 3.05) is 39.5 Å². The third-order valence-corrected chi connectivity index (χ3v) is 8.58. The molecule has 9 nitrogen and oxygen atoms in total. The van der Waals surface area contributed by atoms with Crippen molar-refractivity contribution >= 4 is 37.5 Å². The molecule has 0 saturated heterocycles. The molecule has 0 bridgehead atoms. The molecule has 0 fully saturated rings. The normalized spacial score (nSPS) is 13.4. The Morgan fingerprint density at radius 2 is 1.47 bits per heavy atom. The highest BCUT2D eigenvalue weighted by atomic mass is 28.4. The van der Waals surface area contributed by atoms with E-state index in [1.165, 1.54) is 0 Å². The highest BCUT2D eigenvalue weighted by Crippen LogP contribution is 2.29. The van der Waals surface area contributed by atoms with Crippen LogP contribution >= 0.6 is 0 Å². The molecule has 3 amide bonds. The molecule has 1 N–H and O–H groups in total. The monoisotopic (exact) mass is 488 g/mol. The van der Waals surface area contributed by atoms with Gasteiger partial charge in [0.05, 0.1) is 6.54 Å². The first-order chi connectivity index (χ1) is 16.5. The number of carbonyl (C=O) groups excluding carboxylic acids is 3. The summed E-state index contributed by atoms with van der Waals surface area (Å²) in [4.78, 5) is 39.0. The van der Waals surface area contributed by atoms with E-state index >= 15 is 0 Å². The molecule has 0 saturated carbocycles. The fraction of sp³-hybridized carbons (Fsp3) is 0.458. The third-order valence-electron chi connectivity index (χ3n) is 5.43. The number of alkyl carbamates (subject to hydrolysis) is 1. The lowest BCUT2D eigenvalue weighted by atomic mass is 9.94. The smallest absolute Gasteiger partial charge is 0.448 e. The van der Waals surface area contributed by atoms with E-state index in [9.17, 15) is 14.4 Å². The minimum Gasteiger partial charge on any atom is -0.448 e. The summed E-state index contributed by atoms with van der Waals surface area (Å²) in [7, 11) is -2.75. The number of nitrogens with zero attached hydrogens (tertiary/aromatic N) is 1. The molecule has 0 unspecified atom stereocenters. The van der Waals surface area contributed by atoms with Crippen molar-refractivity contribution in [3.05, 3.63) is 47.5 Å². The summed E-state index contributed by atoms with van der Waals surface area (Å²) in [5.41, 5.74) is 0.949. The number of carbonyl (C=O) groups is 3. The Kier molecular flexibility index (Phi) is 9.17. The molecule has 184 valence electrons. The average molecular weight is 489 g/mol. The van der Waals surface area contributed by atoms with E-state index in [0.29, 0.717) is 55.3 Å². The summed E-state index contributed by atoms with van der Waals surface area (Å²) < 4.78 is 22.6. The zero-order chi connectivity index (χ0) is 24.6. The van der Waals surface area contributed by atoms with Gasteiger partial charge < -0.3 is 23.3 Å². The molecule has 2 aromatic carbocycles. The van der Waals surface area contributed by atoms with Crippen LogP contribution in [-0.2, 0) is 18.0 Å². The van der Waals surface area contributed by atoms with Gasteiger partial charge in [0.2, 0.25) is 0 Å². The molecule has 1 aliphatic heterocycles. The van der Waals surface area contributed by atoms with E-state index in [1.54, 1.807) is 24.3 Å². The Bertz CT molecular complexity index is 962. The van der Waals surface area contributed by atoms with Crippen LogP contribution in [0.5, 0.6) is 0 Å². The van der Waals surface area contributed by atoms with Crippen LogP contribution in [0.4, 0.5) is 4.79 Å². The van der Waals surface area contributed by atoms with Gasteiger partial charge in [-0.2, -0.15) is 0 Å². The molecule has 0 aromatic heterocycles. The quantitative estimate of drug-likeness (QED) is 0.261. The van der Waals surface area contributed by atoms with Gasteiger partial charge in [0.1, 0.15) is 6.61 Å². The van der Waals surface area contributed by atoms with Gasteiger partial charge in [-0.3, -0.25) is 14.5 Å². The topological polar surface area (TPSA) is 103 Å². The average Bonchev–Trinajstić information content (AvgIpc) is 2.83. The molecular formula is C24H32N2O7Si. The predicted octanol–water partition coefficient (Wildman–Crippen LogP) is 3.60. The van der Waals surface area contributed by atoms with Gasteiger partial charge in [0, 0.05) is 48.9 Å². The molecule has 3 rings (SSSR count). The summed E-state index contributed by atoms with van der Waals surface area (Å²) >= 11 is 0. The van der Waals surface area contributed by atoms with Crippen LogP contribution in [0.3, 0.4) is 0 Å². The number of ether oxygens (including phenoxy) is 1. The maximum atomic E-state index is 12.9. The number of amides is 3. The molecule has 1 heterocycles. The van der Waals surface area contributed by atoms with E-state index in [2.05, 4.69) is 5.32 Å². The zero-order valence-corrected chi connectivity index (χ0v) is 20.9. The van der Waals surface area contributed by atoms with Crippen molar-refractivity contribution in [3.63, 3.8) is 0 Å². The summed E-state index contributed by atoms with van der Waals surface area (Å²) in [5, 5.41) is 4.19. The van der Waals surface area contributed by atoms with Crippen LogP contribution in [0.2, 0.25) is 6.04 Å². The highest BCUT2D eigenvalue weighted by Gasteiger charge is 2.39. The van der Waals surface area contributed by atoms with Gasteiger partial charge in [0.15, 0.2) is 0 Å². The number of nitrogens with one attached hydrogen (secondary N) is 1. The lowest BCUT2D eigenvalue weighted by Gasteiger charge is -2.28. The van der Waals surface area contributed by atoms with Crippen molar-refractivity contribution in [3.8, 4) is 0 Å². The highest BCUT2D eigenvalue weighted by molar-refractivity contribution is 6.60. The molecule has 0 aliphatic carbocycles. The molecule has 2 aromatic rings. The van der Waals surface area contributed by atoms with Crippen LogP contribution in [0.25, 0.3) is 10.8 Å². The van der Waals surface area contributed by atoms with Gasteiger partial charge in [-0.25, -0.2) is 4.79 Å². The van der Waals surface area contributed by atoms with Crippen LogP contribution in [0, 0.1) is 0 Å². The fourth-order valence-corrected chi connectivity index (χ4v) is 6.67. The van der Waals surface area contributed by atoms with Crippen LogP contribution < -0.4 is 5.32 Å². The fourth-order valence-electron chi connectivity index (χ4n) is 4.06. The molecule has 0 spiro atoms. The van der Waals surface area contributed by atoms with Crippen LogP contribution in [0.15, 0.2) is 36.4 Å². The third kappa shape index (κ3) is 5.82. The van der Waals surface area contributed by atoms with Gasteiger partial charge in [-0.15, -0.1) is 0 Å². The number of rotatable bonds is 13. The number of hydrogen-bond donors (Lipinski definition) is 1. The number of benzene rings is 2. The first-order valence-corrected chi connectivity index (χ1v) is 13.6. The van der Waals surface area contributed by atoms with E-state index < -0.39 is 14.9 Å². The largest absolute Gasteiger partial charge is 0.500 e. The van der Waals surface area contributed by atoms with Crippen molar-refractivity contribution in [1.29, 1.82) is 0 Å². The maximum Gasteiger partial charge on any atom is 0.500 e. The summed E-state index contributed by atoms with van der Waals surface area (Å²) in [6.45, 7) is 7.40. The molecule has 0 atom stereocenters. The minimum absolute atomic E-state index is 0.0230. The number of hydrogen-bond acceptors (Lipinski definition) is 7. The van der Waals surface area contributed by atoms with Crippen molar-refractivity contribution in [2.24, 2.45) is 0 Å².